The molecule has 0 fully saturated rings. The highest BCUT2D eigenvalue weighted by atomic mass is 19.2. The largest absolute Gasteiger partial charge is 0.396 e. The Hall–Kier alpha value is -1.16. The minimum Gasteiger partial charge on any atom is -0.396 e. The predicted octanol–water partition coefficient (Wildman–Crippen LogP) is 3.18. The van der Waals surface area contributed by atoms with Gasteiger partial charge in [-0.05, 0) is 31.0 Å². The lowest BCUT2D eigenvalue weighted by Gasteiger charge is -2.30. The summed E-state index contributed by atoms with van der Waals surface area (Å²) in [5.41, 5.74) is 0.328. The second-order valence-electron chi connectivity index (χ2n) is 4.35. The summed E-state index contributed by atoms with van der Waals surface area (Å²) < 4.78 is 25.7. The molecule has 2 N–H and O–H groups in total. The second kappa shape index (κ2) is 5.96. The molecule has 1 aromatic carbocycles. The van der Waals surface area contributed by atoms with Crippen molar-refractivity contribution in [2.24, 2.45) is 5.41 Å². The summed E-state index contributed by atoms with van der Waals surface area (Å²) in [4.78, 5) is 0. The van der Waals surface area contributed by atoms with Crippen molar-refractivity contribution in [3.05, 3.63) is 29.8 Å². The molecular formula is C13H19F2NO. The Labute approximate surface area is 101 Å². The molecule has 2 nitrogen and oxygen atoms in total. The van der Waals surface area contributed by atoms with Crippen LogP contribution in [0.3, 0.4) is 0 Å². The molecule has 17 heavy (non-hydrogen) atoms. The van der Waals surface area contributed by atoms with E-state index < -0.39 is 11.6 Å². The zero-order chi connectivity index (χ0) is 12.9. The van der Waals surface area contributed by atoms with Crippen LogP contribution in [-0.2, 0) is 0 Å². The first-order valence-corrected chi connectivity index (χ1v) is 5.86. The van der Waals surface area contributed by atoms with E-state index in [-0.39, 0.29) is 12.0 Å². The van der Waals surface area contributed by atoms with Gasteiger partial charge in [0.05, 0.1) is 6.61 Å². The fourth-order valence-electron chi connectivity index (χ4n) is 1.68. The van der Waals surface area contributed by atoms with E-state index >= 15 is 0 Å². The molecule has 0 aliphatic rings. The molecule has 0 aliphatic heterocycles. The number of nitrogens with one attached hydrogen (secondary N) is 1. The number of rotatable bonds is 6. The van der Waals surface area contributed by atoms with Crippen LogP contribution in [0, 0.1) is 17.0 Å². The quantitative estimate of drug-likeness (QED) is 0.804. The smallest absolute Gasteiger partial charge is 0.160 e. The van der Waals surface area contributed by atoms with Gasteiger partial charge in [0.25, 0.3) is 0 Å². The average Bonchev–Trinajstić information content (AvgIpc) is 2.36. The van der Waals surface area contributed by atoms with Crippen LogP contribution < -0.4 is 5.32 Å². The van der Waals surface area contributed by atoms with Crippen LogP contribution in [0.15, 0.2) is 18.2 Å². The molecule has 0 aromatic heterocycles. The van der Waals surface area contributed by atoms with Gasteiger partial charge in [0.2, 0.25) is 0 Å². The number of halogens is 2. The average molecular weight is 243 g/mol. The minimum atomic E-state index is -0.863. The molecule has 0 atom stereocenters. The summed E-state index contributed by atoms with van der Waals surface area (Å²) in [6.45, 7) is 4.64. The predicted molar refractivity (Wildman–Crippen MR) is 64.9 cm³/mol. The highest BCUT2D eigenvalue weighted by molar-refractivity contribution is 5.43. The zero-order valence-corrected chi connectivity index (χ0v) is 10.3. The lowest BCUT2D eigenvalue weighted by atomic mass is 9.83. The van der Waals surface area contributed by atoms with Gasteiger partial charge in [-0.25, -0.2) is 8.78 Å². The molecule has 0 heterocycles. The maximum Gasteiger partial charge on any atom is 0.160 e. The molecule has 1 aromatic rings. The molecule has 96 valence electrons. The van der Waals surface area contributed by atoms with Crippen molar-refractivity contribution in [3.8, 4) is 0 Å². The number of anilines is 1. The standard InChI is InChI=1S/C13H19F2NO/c1-3-13(4-2,9-17)8-16-10-5-6-11(14)12(15)7-10/h5-7,16-17H,3-4,8-9H2,1-2H3. The van der Waals surface area contributed by atoms with E-state index in [0.717, 1.165) is 25.0 Å². The summed E-state index contributed by atoms with van der Waals surface area (Å²) in [5.74, 6) is -1.72. The molecule has 0 bridgehead atoms. The number of aliphatic hydroxyl groups excluding tert-OH is 1. The fourth-order valence-corrected chi connectivity index (χ4v) is 1.68. The van der Waals surface area contributed by atoms with E-state index in [1.54, 1.807) is 0 Å². The van der Waals surface area contributed by atoms with Gasteiger partial charge in [-0.1, -0.05) is 13.8 Å². The van der Waals surface area contributed by atoms with Gasteiger partial charge in [0, 0.05) is 17.6 Å². The van der Waals surface area contributed by atoms with Crippen LogP contribution >= 0.6 is 0 Å². The van der Waals surface area contributed by atoms with Crippen molar-refractivity contribution in [1.29, 1.82) is 0 Å². The van der Waals surface area contributed by atoms with Crippen LogP contribution in [0.2, 0.25) is 0 Å². The van der Waals surface area contributed by atoms with E-state index in [2.05, 4.69) is 5.32 Å². The molecule has 1 rings (SSSR count). The van der Waals surface area contributed by atoms with Crippen LogP contribution in [0.25, 0.3) is 0 Å². The minimum absolute atomic E-state index is 0.0800. The molecular weight excluding hydrogens is 224 g/mol. The zero-order valence-electron chi connectivity index (χ0n) is 10.3. The third-order valence-electron chi connectivity index (χ3n) is 3.42. The van der Waals surface area contributed by atoms with Gasteiger partial charge in [-0.15, -0.1) is 0 Å². The molecule has 0 spiro atoms. The van der Waals surface area contributed by atoms with Crippen molar-refractivity contribution in [2.45, 2.75) is 26.7 Å². The van der Waals surface area contributed by atoms with E-state index in [1.807, 2.05) is 13.8 Å². The van der Waals surface area contributed by atoms with Crippen molar-refractivity contribution in [3.63, 3.8) is 0 Å². The normalized spacial score (nSPS) is 11.6. The van der Waals surface area contributed by atoms with Gasteiger partial charge in [0.15, 0.2) is 11.6 Å². The summed E-state index contributed by atoms with van der Waals surface area (Å²) in [6.07, 6.45) is 1.66. The van der Waals surface area contributed by atoms with Gasteiger partial charge in [0.1, 0.15) is 0 Å². The van der Waals surface area contributed by atoms with Crippen molar-refractivity contribution in [2.75, 3.05) is 18.5 Å². The summed E-state index contributed by atoms with van der Waals surface area (Å²) in [5, 5.41) is 12.4. The molecule has 0 saturated carbocycles. The van der Waals surface area contributed by atoms with Gasteiger partial charge >= 0.3 is 0 Å². The summed E-state index contributed by atoms with van der Waals surface area (Å²) >= 11 is 0. The lowest BCUT2D eigenvalue weighted by molar-refractivity contribution is 0.127. The SMILES string of the molecule is CCC(CC)(CO)CNc1ccc(F)c(F)c1. The number of aliphatic hydroxyl groups is 1. The molecule has 0 radical (unpaired) electrons. The molecule has 0 aliphatic carbocycles. The highest BCUT2D eigenvalue weighted by Gasteiger charge is 2.24. The Morgan fingerprint density at radius 1 is 1.18 bits per heavy atom. The van der Waals surface area contributed by atoms with E-state index in [1.165, 1.54) is 6.07 Å². The second-order valence-corrected chi connectivity index (χ2v) is 4.35. The number of hydrogen-bond acceptors (Lipinski definition) is 2. The Balaban J connectivity index is 2.68. The third kappa shape index (κ3) is 3.40. The fraction of sp³-hybridized carbons (Fsp3) is 0.538. The van der Waals surface area contributed by atoms with Gasteiger partial charge in [-0.3, -0.25) is 0 Å². The first-order chi connectivity index (χ1) is 8.06. The van der Waals surface area contributed by atoms with Crippen LogP contribution in [0.5, 0.6) is 0 Å². The maximum atomic E-state index is 13.0. The summed E-state index contributed by atoms with van der Waals surface area (Å²) in [6, 6.07) is 3.71. The van der Waals surface area contributed by atoms with Crippen LogP contribution in [0.1, 0.15) is 26.7 Å². The Bertz CT molecular complexity index is 356. The lowest BCUT2D eigenvalue weighted by Crippen LogP contribution is -2.32. The van der Waals surface area contributed by atoms with Crippen LogP contribution in [-0.4, -0.2) is 18.3 Å². The first kappa shape index (κ1) is 13.9. The number of hydrogen-bond donors (Lipinski definition) is 2. The summed E-state index contributed by atoms with van der Waals surface area (Å²) in [7, 11) is 0. The Morgan fingerprint density at radius 3 is 2.29 bits per heavy atom. The van der Waals surface area contributed by atoms with E-state index in [4.69, 9.17) is 0 Å². The van der Waals surface area contributed by atoms with E-state index in [0.29, 0.717) is 12.2 Å². The third-order valence-corrected chi connectivity index (χ3v) is 3.42. The highest BCUT2D eigenvalue weighted by Crippen LogP contribution is 2.26. The van der Waals surface area contributed by atoms with Crippen molar-refractivity contribution >= 4 is 5.69 Å². The molecule has 0 unspecified atom stereocenters. The molecule has 4 heteroatoms. The van der Waals surface area contributed by atoms with Gasteiger partial charge in [-0.2, -0.15) is 0 Å². The topological polar surface area (TPSA) is 32.3 Å². The van der Waals surface area contributed by atoms with Crippen molar-refractivity contribution < 1.29 is 13.9 Å². The first-order valence-electron chi connectivity index (χ1n) is 5.86. The maximum absolute atomic E-state index is 13.0. The Kier molecular flexibility index (Phi) is 4.87. The van der Waals surface area contributed by atoms with Gasteiger partial charge < -0.3 is 10.4 Å². The molecule has 0 saturated heterocycles. The monoisotopic (exact) mass is 243 g/mol. The number of benzene rings is 1. The Morgan fingerprint density at radius 2 is 1.82 bits per heavy atom. The van der Waals surface area contributed by atoms with Crippen LogP contribution in [0.4, 0.5) is 14.5 Å². The molecule has 0 amide bonds. The van der Waals surface area contributed by atoms with E-state index in [9.17, 15) is 13.9 Å². The van der Waals surface area contributed by atoms with Crippen molar-refractivity contribution in [1.82, 2.24) is 0 Å².